The van der Waals surface area contributed by atoms with Crippen molar-refractivity contribution in [2.24, 2.45) is 17.3 Å². The summed E-state index contributed by atoms with van der Waals surface area (Å²) in [6.45, 7) is 18.7. The van der Waals surface area contributed by atoms with Crippen LogP contribution in [0.3, 0.4) is 0 Å². The fraction of sp³-hybridized carbons (Fsp3) is 0.500. The minimum atomic E-state index is -1.15. The van der Waals surface area contributed by atoms with Crippen LogP contribution < -0.4 is 10.7 Å². The van der Waals surface area contributed by atoms with E-state index in [1.54, 1.807) is 24.1 Å². The minimum Gasteiger partial charge on any atom is -0.508 e. The molecule has 3 saturated heterocycles. The number of amides is 4. The maximum absolute atomic E-state index is 14.7. The van der Waals surface area contributed by atoms with Gasteiger partial charge in [-0.3, -0.25) is 33.9 Å². The van der Waals surface area contributed by atoms with Crippen LogP contribution in [-0.2, 0) is 54.6 Å². The van der Waals surface area contributed by atoms with Gasteiger partial charge in [-0.2, -0.15) is 0 Å². The van der Waals surface area contributed by atoms with E-state index in [2.05, 4.69) is 90.0 Å². The van der Waals surface area contributed by atoms with Gasteiger partial charge in [0.25, 0.3) is 5.91 Å². The van der Waals surface area contributed by atoms with Gasteiger partial charge in [-0.1, -0.05) is 70.7 Å². The van der Waals surface area contributed by atoms with Crippen LogP contribution in [0, 0.1) is 17.3 Å². The van der Waals surface area contributed by atoms with Gasteiger partial charge in [-0.25, -0.2) is 5.43 Å². The van der Waals surface area contributed by atoms with Crippen LogP contribution in [0.2, 0.25) is 0 Å². The number of aromatic hydroxyl groups is 1. The maximum Gasteiger partial charge on any atom is 0.324 e. The van der Waals surface area contributed by atoms with Crippen LogP contribution >= 0.6 is 0 Å². The van der Waals surface area contributed by atoms with Crippen molar-refractivity contribution < 1.29 is 33.8 Å². The molecular formula is C54H69N7O7. The van der Waals surface area contributed by atoms with Crippen LogP contribution in [0.1, 0.15) is 83.4 Å². The van der Waals surface area contributed by atoms with Crippen LogP contribution in [0.15, 0.2) is 73.3 Å². The lowest BCUT2D eigenvalue weighted by Crippen LogP contribution is -2.62. The molecule has 14 nitrogen and oxygen atoms in total. The highest BCUT2D eigenvalue weighted by Crippen LogP contribution is 2.41. The predicted molar refractivity (Wildman–Crippen MR) is 263 cm³/mol. The van der Waals surface area contributed by atoms with Crippen molar-refractivity contribution in [3.05, 3.63) is 90.0 Å². The van der Waals surface area contributed by atoms with Gasteiger partial charge in [0.1, 0.15) is 23.9 Å². The number of hydrogen-bond donors (Lipinski definition) is 3. The van der Waals surface area contributed by atoms with Crippen molar-refractivity contribution >= 4 is 40.5 Å². The molecule has 3 fully saturated rings. The largest absolute Gasteiger partial charge is 0.508 e. The number of hydrogen-bond acceptors (Lipinski definition) is 9. The van der Waals surface area contributed by atoms with E-state index < -0.39 is 47.2 Å². The molecule has 4 atom stereocenters. The van der Waals surface area contributed by atoms with E-state index in [-0.39, 0.29) is 43.1 Å². The van der Waals surface area contributed by atoms with Crippen molar-refractivity contribution in [2.75, 3.05) is 46.4 Å². The summed E-state index contributed by atoms with van der Waals surface area (Å²) in [5.74, 6) is -2.75. The molecule has 1 aromatic heterocycles. The molecule has 4 aromatic rings. The number of hydrazine groups is 1. The van der Waals surface area contributed by atoms with Crippen LogP contribution in [0.5, 0.6) is 5.75 Å². The van der Waals surface area contributed by atoms with Crippen molar-refractivity contribution in [3.8, 4) is 28.1 Å². The zero-order valence-electron chi connectivity index (χ0n) is 40.7. The SMILES string of the molecule is C=CC(=O)N1CC[C@H](C(=O)N(C)[C@H](C(=O)N[C@H]2Cc3cc(O)cc(c3)-c3ccc4c(c3)c(c(-c3ccc(CN5CCCC5)cc3)n4CC)CC(C)(C)COC(=O)[C@@H]3CCCN(N3)C2=O)C(C)C)C1. The molecule has 0 unspecified atom stereocenters. The minimum absolute atomic E-state index is 0.00872. The number of aromatic nitrogens is 1. The number of carbonyl (C=O) groups excluding carboxylic acids is 5. The summed E-state index contributed by atoms with van der Waals surface area (Å²) >= 11 is 0. The van der Waals surface area contributed by atoms with E-state index in [1.807, 2.05) is 19.9 Å². The molecule has 4 aliphatic rings. The second kappa shape index (κ2) is 20.3. The Morgan fingerprint density at radius 2 is 1.69 bits per heavy atom. The van der Waals surface area contributed by atoms with Gasteiger partial charge in [-0.15, -0.1) is 0 Å². The number of aryl methyl sites for hydroxylation is 1. The number of phenols is 1. The van der Waals surface area contributed by atoms with E-state index in [0.29, 0.717) is 44.3 Å². The second-order valence-electron chi connectivity index (χ2n) is 20.5. The number of carbonyl (C=O) groups is 5. The Labute approximate surface area is 400 Å². The summed E-state index contributed by atoms with van der Waals surface area (Å²) < 4.78 is 8.50. The first-order valence-electron chi connectivity index (χ1n) is 24.6. The molecule has 6 bridgehead atoms. The van der Waals surface area contributed by atoms with Crippen LogP contribution in [-0.4, -0.2) is 123 Å². The lowest BCUT2D eigenvalue weighted by atomic mass is 9.84. The molecule has 68 heavy (non-hydrogen) atoms. The number of fused-ring (bicyclic) bond motifs is 6. The normalized spacial score (nSPS) is 21.7. The van der Waals surface area contributed by atoms with Crippen molar-refractivity contribution in [3.63, 3.8) is 0 Å². The molecule has 0 spiro atoms. The number of nitrogens with one attached hydrogen (secondary N) is 2. The number of esters is 1. The predicted octanol–water partition coefficient (Wildman–Crippen LogP) is 6.46. The van der Waals surface area contributed by atoms with Crippen molar-refractivity contribution in [1.82, 2.24) is 35.0 Å². The average molecular weight is 928 g/mol. The van der Waals surface area contributed by atoms with Gasteiger partial charge in [0.15, 0.2) is 0 Å². The molecule has 0 aliphatic carbocycles. The highest BCUT2D eigenvalue weighted by molar-refractivity contribution is 5.96. The molecule has 4 aliphatic heterocycles. The molecule has 5 heterocycles. The topological polar surface area (TPSA) is 157 Å². The van der Waals surface area contributed by atoms with Gasteiger partial charge >= 0.3 is 5.97 Å². The Morgan fingerprint density at radius 3 is 2.40 bits per heavy atom. The Morgan fingerprint density at radius 1 is 0.956 bits per heavy atom. The van der Waals surface area contributed by atoms with E-state index in [9.17, 15) is 29.1 Å². The zero-order chi connectivity index (χ0) is 48.4. The number of cyclic esters (lactones) is 1. The summed E-state index contributed by atoms with van der Waals surface area (Å²) in [4.78, 5) is 75.0. The standard InChI is InChI=1S/C54H69N7O7/c1-8-47(63)59-24-20-39(32-59)51(65)57(7)48(34(3)4)50(64)55-45-27-36-25-40(28-41(62)26-36)38-18-19-46-42(29-38)43(30-54(5,6)33-68-53(67)44-13-12-23-61(56-44)52(45)66)49(60(46)9-2)37-16-14-35(15-17-37)31-58-21-10-11-22-58/h8,14-19,25-26,28-29,34,39,44-45,48,56,62H,1,9-13,20-24,27,30-33H2,2-7H3,(H,55,64)/t39-,44-,45-,48-/m0/s1. The third-order valence-electron chi connectivity index (χ3n) is 14.4. The smallest absolute Gasteiger partial charge is 0.324 e. The van der Waals surface area contributed by atoms with Gasteiger partial charge < -0.3 is 29.5 Å². The number of benzene rings is 3. The van der Waals surface area contributed by atoms with E-state index >= 15 is 0 Å². The molecule has 4 amide bonds. The Hall–Kier alpha value is -5.99. The molecule has 0 saturated carbocycles. The Balaban J connectivity index is 1.17. The third kappa shape index (κ3) is 10.4. The highest BCUT2D eigenvalue weighted by atomic mass is 16.5. The Bertz CT molecular complexity index is 2560. The molecule has 14 heteroatoms. The molecule has 362 valence electrons. The molecule has 3 N–H and O–H groups in total. The van der Waals surface area contributed by atoms with Gasteiger partial charge in [0, 0.05) is 62.5 Å². The van der Waals surface area contributed by atoms with Crippen molar-refractivity contribution in [1.29, 1.82) is 0 Å². The summed E-state index contributed by atoms with van der Waals surface area (Å²) in [7, 11) is 1.59. The quantitative estimate of drug-likeness (QED) is 0.120. The fourth-order valence-electron chi connectivity index (χ4n) is 10.9. The first-order chi connectivity index (χ1) is 32.5. The molecular weight excluding hydrogens is 859 g/mol. The van der Waals surface area contributed by atoms with Crippen molar-refractivity contribution in [2.45, 2.75) is 111 Å². The number of phenolic OH excluding ortho intramolecular Hbond substituents is 1. The first-order valence-corrected chi connectivity index (χ1v) is 24.6. The summed E-state index contributed by atoms with van der Waals surface area (Å²) in [6, 6.07) is 17.7. The molecule has 0 radical (unpaired) electrons. The zero-order valence-corrected chi connectivity index (χ0v) is 40.7. The lowest BCUT2D eigenvalue weighted by Gasteiger charge is -2.37. The number of nitrogens with zero attached hydrogens (tertiary/aromatic N) is 5. The fourth-order valence-corrected chi connectivity index (χ4v) is 10.9. The molecule has 3 aromatic carbocycles. The van der Waals surface area contributed by atoms with E-state index in [4.69, 9.17) is 4.74 Å². The van der Waals surface area contributed by atoms with E-state index in [0.717, 1.165) is 65.0 Å². The van der Waals surface area contributed by atoms with Gasteiger partial charge in [0.2, 0.25) is 17.7 Å². The van der Waals surface area contributed by atoms with Gasteiger partial charge in [-0.05, 0) is 128 Å². The van der Waals surface area contributed by atoms with Crippen LogP contribution in [0.25, 0.3) is 33.3 Å². The summed E-state index contributed by atoms with van der Waals surface area (Å²) in [5, 5.41) is 16.8. The lowest BCUT2D eigenvalue weighted by molar-refractivity contribution is -0.155. The Kier molecular flexibility index (Phi) is 14.5. The monoisotopic (exact) mass is 928 g/mol. The first kappa shape index (κ1) is 48.5. The van der Waals surface area contributed by atoms with Gasteiger partial charge in [0.05, 0.1) is 18.2 Å². The number of ether oxygens (including phenoxy) is 1. The highest BCUT2D eigenvalue weighted by Gasteiger charge is 2.40. The molecule has 8 rings (SSSR count). The second-order valence-corrected chi connectivity index (χ2v) is 20.5. The van der Waals surface area contributed by atoms with Crippen LogP contribution in [0.4, 0.5) is 0 Å². The average Bonchev–Trinajstić information content (AvgIpc) is 4.10. The summed E-state index contributed by atoms with van der Waals surface area (Å²) in [5.41, 5.74) is 10.6. The number of rotatable bonds is 10. The van der Waals surface area contributed by atoms with E-state index in [1.165, 1.54) is 34.4 Å². The maximum atomic E-state index is 14.7. The number of likely N-dealkylation sites (N-methyl/N-ethyl adjacent to an activating group) is 1. The number of likely N-dealkylation sites (tertiary alicyclic amines) is 2. The summed E-state index contributed by atoms with van der Waals surface area (Å²) in [6.07, 6.45) is 5.79. The third-order valence-corrected chi connectivity index (χ3v) is 14.4.